The van der Waals surface area contributed by atoms with Crippen molar-refractivity contribution in [2.75, 3.05) is 0 Å². The molecule has 0 amide bonds. The van der Waals surface area contributed by atoms with Crippen LogP contribution >= 0.6 is 11.6 Å². The van der Waals surface area contributed by atoms with Gasteiger partial charge in [0.25, 0.3) is 0 Å². The fraction of sp³-hybridized carbons (Fsp3) is 0.280. The van der Waals surface area contributed by atoms with Crippen LogP contribution in [0, 0.1) is 11.2 Å². The van der Waals surface area contributed by atoms with Gasteiger partial charge in [0.2, 0.25) is 5.88 Å². The number of pyridine rings is 2. The molecule has 0 atom stereocenters. The molecule has 5 rings (SSSR count). The fourth-order valence-corrected chi connectivity index (χ4v) is 4.47. The highest BCUT2D eigenvalue weighted by Crippen LogP contribution is 2.37. The van der Waals surface area contributed by atoms with Gasteiger partial charge in [0, 0.05) is 24.0 Å². The van der Waals surface area contributed by atoms with Crippen LogP contribution in [-0.2, 0) is 4.79 Å². The van der Waals surface area contributed by atoms with Gasteiger partial charge in [0.05, 0.1) is 27.7 Å². The van der Waals surface area contributed by atoms with E-state index in [0.29, 0.717) is 64.6 Å². The quantitative estimate of drug-likeness (QED) is 0.369. The molecule has 3 aromatic heterocycles. The Balaban J connectivity index is 1.29. The molecule has 0 spiro atoms. The molecule has 0 unspecified atom stereocenters. The third-order valence-electron chi connectivity index (χ3n) is 6.49. The fourth-order valence-electron chi connectivity index (χ4n) is 4.27. The smallest absolute Gasteiger partial charge is 0.309 e. The molecule has 1 saturated carbocycles. The highest BCUT2D eigenvalue weighted by atomic mass is 35.5. The molecule has 1 aromatic carbocycles. The molecule has 7 nitrogen and oxygen atoms in total. The maximum Gasteiger partial charge on any atom is 0.309 e. The number of aromatic amines is 1. The third kappa shape index (κ3) is 4.21. The normalized spacial score (nSPS) is 20.4. The molecule has 0 aliphatic heterocycles. The molecule has 9 heteroatoms. The van der Waals surface area contributed by atoms with Crippen molar-refractivity contribution in [1.82, 2.24) is 19.9 Å². The summed E-state index contributed by atoms with van der Waals surface area (Å²) >= 11 is 6.13. The molecule has 34 heavy (non-hydrogen) atoms. The lowest BCUT2D eigenvalue weighted by atomic mass is 9.75. The third-order valence-corrected chi connectivity index (χ3v) is 6.78. The summed E-state index contributed by atoms with van der Waals surface area (Å²) in [5.41, 5.74) is 2.24. The Kier molecular flexibility index (Phi) is 5.69. The lowest BCUT2D eigenvalue weighted by Crippen LogP contribution is -2.36. The molecule has 174 valence electrons. The van der Waals surface area contributed by atoms with Crippen molar-refractivity contribution in [3.8, 4) is 28.4 Å². The first-order valence-electron chi connectivity index (χ1n) is 11.0. The van der Waals surface area contributed by atoms with Crippen molar-refractivity contribution in [2.45, 2.75) is 38.7 Å². The monoisotopic (exact) mass is 480 g/mol. The van der Waals surface area contributed by atoms with E-state index in [1.54, 1.807) is 37.5 Å². The van der Waals surface area contributed by atoms with Crippen LogP contribution in [0.15, 0.2) is 48.9 Å². The number of nitrogens with one attached hydrogen (secondary N) is 1. The first-order chi connectivity index (χ1) is 16.3. The van der Waals surface area contributed by atoms with Crippen LogP contribution < -0.4 is 4.74 Å². The van der Waals surface area contributed by atoms with E-state index in [-0.39, 0.29) is 6.10 Å². The second kappa shape index (κ2) is 8.68. The molecule has 2 N–H and O–H groups in total. The Labute approximate surface area is 200 Å². The van der Waals surface area contributed by atoms with E-state index in [2.05, 4.69) is 19.9 Å². The Hall–Kier alpha value is -3.52. The Morgan fingerprint density at radius 2 is 1.94 bits per heavy atom. The average Bonchev–Trinajstić information content (AvgIpc) is 3.26. The number of benzene rings is 1. The van der Waals surface area contributed by atoms with Crippen molar-refractivity contribution in [3.05, 3.63) is 59.8 Å². The van der Waals surface area contributed by atoms with Gasteiger partial charge in [-0.2, -0.15) is 0 Å². The van der Waals surface area contributed by atoms with E-state index in [1.165, 1.54) is 12.3 Å². The van der Waals surface area contributed by atoms with Crippen molar-refractivity contribution >= 4 is 28.6 Å². The van der Waals surface area contributed by atoms with Crippen LogP contribution in [0.3, 0.4) is 0 Å². The van der Waals surface area contributed by atoms with Gasteiger partial charge >= 0.3 is 5.97 Å². The molecule has 0 radical (unpaired) electrons. The first-order valence-corrected chi connectivity index (χ1v) is 11.4. The molecule has 1 fully saturated rings. The van der Waals surface area contributed by atoms with Crippen molar-refractivity contribution in [2.24, 2.45) is 5.41 Å². The van der Waals surface area contributed by atoms with Crippen LogP contribution in [-0.4, -0.2) is 37.1 Å². The predicted octanol–water partition coefficient (Wildman–Crippen LogP) is 5.89. The highest BCUT2D eigenvalue weighted by Gasteiger charge is 2.38. The number of imidazole rings is 1. The van der Waals surface area contributed by atoms with Crippen molar-refractivity contribution in [3.63, 3.8) is 0 Å². The number of nitrogens with zero attached hydrogens (tertiary/aromatic N) is 3. The van der Waals surface area contributed by atoms with Gasteiger partial charge in [0.1, 0.15) is 23.3 Å². The minimum atomic E-state index is -0.757. The Morgan fingerprint density at radius 3 is 2.59 bits per heavy atom. The summed E-state index contributed by atoms with van der Waals surface area (Å²) in [6.45, 7) is 1.78. The standard InChI is InChI=1S/C25H22ClFN4O3/c1-25(24(32)33)8-6-16(7-9-25)34-21-5-3-15(11-29-21)14-2-4-17(19(27)10-14)23-30-20-13-28-12-18(26)22(20)31-23/h2-5,10-13,16H,6-9H2,1H3,(H,30,31)(H,32,33)/t16-,25+. The van der Waals surface area contributed by atoms with Gasteiger partial charge in [-0.25, -0.2) is 14.4 Å². The van der Waals surface area contributed by atoms with Gasteiger partial charge in [-0.3, -0.25) is 9.78 Å². The molecule has 0 saturated heterocycles. The van der Waals surface area contributed by atoms with E-state index < -0.39 is 17.2 Å². The summed E-state index contributed by atoms with van der Waals surface area (Å²) in [6.07, 6.45) is 7.14. The number of aromatic nitrogens is 4. The maximum atomic E-state index is 15.0. The van der Waals surface area contributed by atoms with Crippen LogP contribution in [0.4, 0.5) is 4.39 Å². The lowest BCUT2D eigenvalue weighted by molar-refractivity contribution is -0.150. The number of hydrogen-bond acceptors (Lipinski definition) is 5. The predicted molar refractivity (Wildman–Crippen MR) is 126 cm³/mol. The molecule has 3 heterocycles. The van der Waals surface area contributed by atoms with Gasteiger partial charge in [-0.15, -0.1) is 0 Å². The number of rotatable bonds is 5. The summed E-state index contributed by atoms with van der Waals surface area (Å²) < 4.78 is 20.9. The Morgan fingerprint density at radius 1 is 1.18 bits per heavy atom. The largest absolute Gasteiger partial charge is 0.481 e. The number of carboxylic acids is 1. The van der Waals surface area contributed by atoms with E-state index in [1.807, 2.05) is 6.07 Å². The Bertz CT molecular complexity index is 1360. The zero-order chi connectivity index (χ0) is 23.9. The lowest BCUT2D eigenvalue weighted by Gasteiger charge is -2.33. The van der Waals surface area contributed by atoms with E-state index in [4.69, 9.17) is 16.3 Å². The zero-order valence-corrected chi connectivity index (χ0v) is 19.1. The zero-order valence-electron chi connectivity index (χ0n) is 18.4. The second-order valence-corrected chi connectivity index (χ2v) is 9.27. The maximum absolute atomic E-state index is 15.0. The topological polar surface area (TPSA) is 101 Å². The minimum absolute atomic E-state index is 0.0602. The van der Waals surface area contributed by atoms with Crippen molar-refractivity contribution in [1.29, 1.82) is 0 Å². The van der Waals surface area contributed by atoms with Gasteiger partial charge in [0.15, 0.2) is 0 Å². The van der Waals surface area contributed by atoms with Gasteiger partial charge in [-0.1, -0.05) is 17.7 Å². The van der Waals surface area contributed by atoms with E-state index >= 15 is 0 Å². The molecule has 1 aliphatic rings. The van der Waals surface area contributed by atoms with Crippen LogP contribution in [0.25, 0.3) is 33.5 Å². The number of H-pyrrole nitrogens is 1. The molecule has 1 aliphatic carbocycles. The average molecular weight is 481 g/mol. The molecule has 0 bridgehead atoms. The highest BCUT2D eigenvalue weighted by molar-refractivity contribution is 6.34. The second-order valence-electron chi connectivity index (χ2n) is 8.86. The number of fused-ring (bicyclic) bond motifs is 1. The van der Waals surface area contributed by atoms with Crippen LogP contribution in [0.5, 0.6) is 5.88 Å². The number of ether oxygens (including phenoxy) is 1. The minimum Gasteiger partial charge on any atom is -0.481 e. The molecule has 4 aromatic rings. The number of carbonyl (C=O) groups is 1. The molecular formula is C25H22ClFN4O3. The first kappa shape index (κ1) is 22.3. The summed E-state index contributed by atoms with van der Waals surface area (Å²) in [7, 11) is 0. The summed E-state index contributed by atoms with van der Waals surface area (Å²) in [6, 6.07) is 8.48. The molecular weight excluding hydrogens is 459 g/mol. The van der Waals surface area contributed by atoms with E-state index in [0.717, 1.165) is 5.56 Å². The van der Waals surface area contributed by atoms with Crippen LogP contribution in [0.1, 0.15) is 32.6 Å². The van der Waals surface area contributed by atoms with Gasteiger partial charge in [-0.05, 0) is 56.4 Å². The van der Waals surface area contributed by atoms with E-state index in [9.17, 15) is 14.3 Å². The number of halogens is 2. The number of hydrogen-bond donors (Lipinski definition) is 2. The van der Waals surface area contributed by atoms with Crippen molar-refractivity contribution < 1.29 is 19.0 Å². The van der Waals surface area contributed by atoms with Gasteiger partial charge < -0.3 is 14.8 Å². The number of carboxylic acid groups (broad SMARTS) is 1. The summed E-state index contributed by atoms with van der Waals surface area (Å²) in [5, 5.41) is 9.79. The SMILES string of the molecule is C[C@]1(C(=O)O)CC[C@@H](Oc2ccc(-c3ccc(-c4nc5cncc(Cl)c5[nH]4)c(F)c3)cn2)CC1. The summed E-state index contributed by atoms with van der Waals surface area (Å²) in [4.78, 5) is 27.2. The summed E-state index contributed by atoms with van der Waals surface area (Å²) in [5.74, 6) is -0.336. The van der Waals surface area contributed by atoms with Crippen LogP contribution in [0.2, 0.25) is 5.02 Å². The number of aliphatic carboxylic acids is 1.